The molecule has 1 aromatic carbocycles. The molecule has 2 aliphatic rings. The Balaban J connectivity index is 1.56. The number of nitrogens with one attached hydrogen (secondary N) is 2. The molecule has 1 aliphatic heterocycles. The van der Waals surface area contributed by atoms with Gasteiger partial charge in [-0.2, -0.15) is 0 Å². The van der Waals surface area contributed by atoms with Crippen molar-refractivity contribution in [2.45, 2.75) is 45.8 Å². The quantitative estimate of drug-likeness (QED) is 0.878. The maximum atomic E-state index is 12.4. The average Bonchev–Trinajstić information content (AvgIpc) is 3.19. The van der Waals surface area contributed by atoms with E-state index < -0.39 is 0 Å². The van der Waals surface area contributed by atoms with Gasteiger partial charge in [0.15, 0.2) is 0 Å². The van der Waals surface area contributed by atoms with Crippen LogP contribution >= 0.6 is 0 Å². The number of hydrogen-bond acceptors (Lipinski definition) is 3. The number of carbonyl (C=O) groups excluding carboxylic acids is 1. The Morgan fingerprint density at radius 1 is 1.36 bits per heavy atom. The molecule has 22 heavy (non-hydrogen) atoms. The molecular weight excluding hydrogens is 276 g/mol. The zero-order chi connectivity index (χ0) is 15.6. The van der Waals surface area contributed by atoms with Crippen molar-refractivity contribution in [3.05, 3.63) is 29.8 Å². The molecule has 4 nitrogen and oxygen atoms in total. The molecule has 120 valence electrons. The van der Waals surface area contributed by atoms with Gasteiger partial charge in [0.05, 0.1) is 6.10 Å². The van der Waals surface area contributed by atoms with E-state index >= 15 is 0 Å². The van der Waals surface area contributed by atoms with Crippen molar-refractivity contribution in [2.24, 2.45) is 11.3 Å². The number of hydrogen-bond donors (Lipinski definition) is 2. The van der Waals surface area contributed by atoms with Gasteiger partial charge in [0.1, 0.15) is 5.75 Å². The van der Waals surface area contributed by atoms with Gasteiger partial charge in [-0.15, -0.1) is 0 Å². The molecule has 4 heteroatoms. The first-order chi connectivity index (χ1) is 10.6. The number of rotatable bonds is 5. The summed E-state index contributed by atoms with van der Waals surface area (Å²) in [5, 5.41) is 6.48. The fraction of sp³-hybridized carbons (Fsp3) is 0.611. The lowest BCUT2D eigenvalue weighted by molar-refractivity contribution is -0.123. The number of piperidine rings is 1. The first kappa shape index (κ1) is 15.3. The molecule has 2 fully saturated rings. The Bertz CT molecular complexity index is 536. The average molecular weight is 302 g/mol. The smallest absolute Gasteiger partial charge is 0.223 e. The monoisotopic (exact) mass is 302 g/mol. The predicted octanol–water partition coefficient (Wildman–Crippen LogP) is 2.48. The van der Waals surface area contributed by atoms with Gasteiger partial charge in [0.2, 0.25) is 5.91 Å². The van der Waals surface area contributed by atoms with E-state index in [9.17, 15) is 4.79 Å². The van der Waals surface area contributed by atoms with Crippen molar-refractivity contribution < 1.29 is 9.53 Å². The van der Waals surface area contributed by atoms with Gasteiger partial charge >= 0.3 is 0 Å². The second-order valence-electron chi connectivity index (χ2n) is 6.86. The van der Waals surface area contributed by atoms with E-state index in [0.717, 1.165) is 43.7 Å². The summed E-state index contributed by atoms with van der Waals surface area (Å²) in [5.41, 5.74) is 1.34. The second kappa shape index (κ2) is 6.29. The van der Waals surface area contributed by atoms with E-state index in [4.69, 9.17) is 4.74 Å². The fourth-order valence-corrected chi connectivity index (χ4v) is 3.52. The summed E-state index contributed by atoms with van der Waals surface area (Å²) in [5.74, 6) is 1.29. The molecule has 1 aliphatic carbocycles. The summed E-state index contributed by atoms with van der Waals surface area (Å²) in [7, 11) is 0. The van der Waals surface area contributed by atoms with Crippen LogP contribution in [-0.4, -0.2) is 25.1 Å². The number of benzene rings is 1. The summed E-state index contributed by atoms with van der Waals surface area (Å²) in [4.78, 5) is 12.4. The van der Waals surface area contributed by atoms with Crippen LogP contribution < -0.4 is 15.4 Å². The Kier molecular flexibility index (Phi) is 4.39. The zero-order valence-electron chi connectivity index (χ0n) is 13.5. The molecule has 3 rings (SSSR count). The lowest BCUT2D eigenvalue weighted by atomic mass is 9.92. The molecule has 0 radical (unpaired) electrons. The number of para-hydroxylation sites is 1. The molecule has 1 saturated carbocycles. The predicted molar refractivity (Wildman–Crippen MR) is 86.7 cm³/mol. The molecular formula is C18H26N2O2. The summed E-state index contributed by atoms with van der Waals surface area (Å²) < 4.78 is 5.80. The lowest BCUT2D eigenvalue weighted by Gasteiger charge is -2.23. The summed E-state index contributed by atoms with van der Waals surface area (Å²) >= 11 is 0. The normalized spacial score (nSPS) is 22.6. The summed E-state index contributed by atoms with van der Waals surface area (Å²) in [6.07, 6.45) is 3.47. The van der Waals surface area contributed by atoms with Crippen molar-refractivity contribution in [1.82, 2.24) is 10.6 Å². The maximum absolute atomic E-state index is 12.4. The van der Waals surface area contributed by atoms with Crippen molar-refractivity contribution in [1.29, 1.82) is 0 Å². The van der Waals surface area contributed by atoms with Gasteiger partial charge in [-0.05, 0) is 57.7 Å². The summed E-state index contributed by atoms with van der Waals surface area (Å²) in [6.45, 7) is 6.68. The number of ether oxygens (including phenoxy) is 1. The molecule has 1 atom stereocenters. The first-order valence-corrected chi connectivity index (χ1v) is 8.34. The van der Waals surface area contributed by atoms with Crippen LogP contribution in [0, 0.1) is 11.3 Å². The van der Waals surface area contributed by atoms with Gasteiger partial charge in [-0.3, -0.25) is 4.79 Å². The Morgan fingerprint density at radius 3 is 2.82 bits per heavy atom. The van der Waals surface area contributed by atoms with E-state index in [2.05, 4.69) is 10.6 Å². The van der Waals surface area contributed by atoms with E-state index in [-0.39, 0.29) is 17.9 Å². The third-order valence-corrected chi connectivity index (χ3v) is 4.89. The Labute approximate surface area is 132 Å². The molecule has 2 N–H and O–H groups in total. The van der Waals surface area contributed by atoms with Gasteiger partial charge < -0.3 is 15.4 Å². The highest BCUT2D eigenvalue weighted by Gasteiger charge is 2.57. The van der Waals surface area contributed by atoms with Crippen LogP contribution in [0.3, 0.4) is 0 Å². The Morgan fingerprint density at radius 2 is 2.09 bits per heavy atom. The molecule has 0 aromatic heterocycles. The number of carbonyl (C=O) groups is 1. The van der Waals surface area contributed by atoms with Gasteiger partial charge in [-0.25, -0.2) is 0 Å². The second-order valence-corrected chi connectivity index (χ2v) is 6.86. The Hall–Kier alpha value is -1.55. The van der Waals surface area contributed by atoms with Crippen LogP contribution in [0.25, 0.3) is 0 Å². The van der Waals surface area contributed by atoms with Crippen LogP contribution in [-0.2, 0) is 11.3 Å². The third-order valence-electron chi connectivity index (χ3n) is 4.89. The van der Waals surface area contributed by atoms with Crippen LogP contribution in [0.2, 0.25) is 0 Å². The summed E-state index contributed by atoms with van der Waals surface area (Å²) in [6, 6.07) is 7.94. The van der Waals surface area contributed by atoms with Gasteiger partial charge in [0.25, 0.3) is 0 Å². The van der Waals surface area contributed by atoms with Crippen molar-refractivity contribution in [3.63, 3.8) is 0 Å². The molecule has 1 saturated heterocycles. The van der Waals surface area contributed by atoms with E-state index in [0.29, 0.717) is 12.0 Å². The minimum atomic E-state index is 0.137. The van der Waals surface area contributed by atoms with Crippen LogP contribution in [0.15, 0.2) is 24.3 Å². The zero-order valence-corrected chi connectivity index (χ0v) is 13.5. The molecule has 1 unspecified atom stereocenters. The molecule has 1 spiro atoms. The highest BCUT2D eigenvalue weighted by Crippen LogP contribution is 2.58. The van der Waals surface area contributed by atoms with Crippen LogP contribution in [0.4, 0.5) is 0 Å². The van der Waals surface area contributed by atoms with E-state index in [1.165, 1.54) is 0 Å². The van der Waals surface area contributed by atoms with Crippen molar-refractivity contribution in [2.75, 3.05) is 13.1 Å². The molecule has 1 amide bonds. The fourth-order valence-electron chi connectivity index (χ4n) is 3.52. The van der Waals surface area contributed by atoms with Gasteiger partial charge in [0, 0.05) is 18.0 Å². The minimum Gasteiger partial charge on any atom is -0.491 e. The van der Waals surface area contributed by atoms with E-state index in [1.807, 2.05) is 38.1 Å². The highest BCUT2D eigenvalue weighted by atomic mass is 16.5. The standard InChI is InChI=1S/C18H26N2O2/c1-13(2)22-16-6-4-3-5-14(16)12-20-17(21)15-11-18(15)7-9-19-10-8-18/h3-6,13,15,19H,7-12H2,1-2H3,(H,20,21). The molecule has 1 heterocycles. The largest absolute Gasteiger partial charge is 0.491 e. The van der Waals surface area contributed by atoms with Crippen LogP contribution in [0.1, 0.15) is 38.7 Å². The molecule has 1 aromatic rings. The maximum Gasteiger partial charge on any atom is 0.223 e. The topological polar surface area (TPSA) is 50.4 Å². The third kappa shape index (κ3) is 3.27. The lowest BCUT2D eigenvalue weighted by Crippen LogP contribution is -2.33. The van der Waals surface area contributed by atoms with Crippen molar-refractivity contribution in [3.8, 4) is 5.75 Å². The van der Waals surface area contributed by atoms with Gasteiger partial charge in [-0.1, -0.05) is 18.2 Å². The highest BCUT2D eigenvalue weighted by molar-refractivity contribution is 5.82. The SMILES string of the molecule is CC(C)Oc1ccccc1CNC(=O)C1CC12CCNCC2. The van der Waals surface area contributed by atoms with Crippen molar-refractivity contribution >= 4 is 5.91 Å². The van der Waals surface area contributed by atoms with Crippen LogP contribution in [0.5, 0.6) is 5.75 Å². The first-order valence-electron chi connectivity index (χ1n) is 8.34. The minimum absolute atomic E-state index is 0.137. The van der Waals surface area contributed by atoms with E-state index in [1.54, 1.807) is 0 Å². The number of amides is 1. The molecule has 0 bridgehead atoms.